The average Bonchev–Trinajstić information content (AvgIpc) is 3.10. The molecule has 0 radical (unpaired) electrons. The van der Waals surface area contributed by atoms with Crippen molar-refractivity contribution in [2.24, 2.45) is 0 Å². The van der Waals surface area contributed by atoms with Gasteiger partial charge in [0.05, 0.1) is 11.4 Å². The van der Waals surface area contributed by atoms with Crippen LogP contribution in [0.1, 0.15) is 23.1 Å². The van der Waals surface area contributed by atoms with Crippen LogP contribution in [0.3, 0.4) is 0 Å². The zero-order chi connectivity index (χ0) is 19.9. The fourth-order valence-corrected chi connectivity index (χ4v) is 5.96. The summed E-state index contributed by atoms with van der Waals surface area (Å²) in [6, 6.07) is 13.5. The SMILES string of the molecule is Cc1cc(C)c(S(=O)(=O)N2CCC(Oc3cccc4cccnc34)C2)c(C)c1. The summed E-state index contributed by atoms with van der Waals surface area (Å²) in [6.45, 7) is 6.50. The van der Waals surface area contributed by atoms with Gasteiger partial charge in [-0.05, 0) is 50.5 Å². The van der Waals surface area contributed by atoms with E-state index in [0.29, 0.717) is 30.2 Å². The highest BCUT2D eigenvalue weighted by atomic mass is 32.2. The van der Waals surface area contributed by atoms with Crippen LogP contribution >= 0.6 is 0 Å². The van der Waals surface area contributed by atoms with Crippen LogP contribution in [-0.4, -0.2) is 36.9 Å². The van der Waals surface area contributed by atoms with E-state index in [1.807, 2.05) is 63.2 Å². The first-order valence-corrected chi connectivity index (χ1v) is 10.9. The maximum atomic E-state index is 13.3. The number of sulfonamides is 1. The highest BCUT2D eigenvalue weighted by Crippen LogP contribution is 2.30. The minimum absolute atomic E-state index is 0.187. The summed E-state index contributed by atoms with van der Waals surface area (Å²) >= 11 is 0. The topological polar surface area (TPSA) is 59.5 Å². The minimum atomic E-state index is -3.55. The quantitative estimate of drug-likeness (QED) is 0.669. The van der Waals surface area contributed by atoms with Gasteiger partial charge in [-0.15, -0.1) is 0 Å². The molecule has 2 aromatic carbocycles. The Bertz CT molecular complexity index is 1110. The molecule has 146 valence electrons. The number of ether oxygens (including phenoxy) is 1. The molecular formula is C22H24N2O3S. The molecule has 2 heterocycles. The van der Waals surface area contributed by atoms with Crippen molar-refractivity contribution in [2.75, 3.05) is 13.1 Å². The fourth-order valence-electron chi connectivity index (χ4n) is 4.07. The zero-order valence-corrected chi connectivity index (χ0v) is 17.2. The number of rotatable bonds is 4. The molecule has 0 amide bonds. The summed E-state index contributed by atoms with van der Waals surface area (Å²) in [7, 11) is -3.55. The molecule has 6 heteroatoms. The second kappa shape index (κ2) is 7.18. The van der Waals surface area contributed by atoms with E-state index < -0.39 is 10.0 Å². The van der Waals surface area contributed by atoms with E-state index in [0.717, 1.165) is 27.6 Å². The summed E-state index contributed by atoms with van der Waals surface area (Å²) < 4.78 is 34.2. The minimum Gasteiger partial charge on any atom is -0.487 e. The van der Waals surface area contributed by atoms with Crippen LogP contribution < -0.4 is 4.74 Å². The zero-order valence-electron chi connectivity index (χ0n) is 16.3. The lowest BCUT2D eigenvalue weighted by atomic mass is 10.1. The van der Waals surface area contributed by atoms with Crippen molar-refractivity contribution in [1.82, 2.24) is 9.29 Å². The molecule has 1 aliphatic rings. The number of aromatic nitrogens is 1. The Morgan fingerprint density at radius 1 is 1.07 bits per heavy atom. The van der Waals surface area contributed by atoms with E-state index in [4.69, 9.17) is 4.74 Å². The highest BCUT2D eigenvalue weighted by Gasteiger charge is 2.35. The molecule has 0 bridgehead atoms. The number of benzene rings is 2. The number of pyridine rings is 1. The molecule has 4 rings (SSSR count). The molecule has 1 fully saturated rings. The molecule has 0 saturated carbocycles. The molecule has 5 nitrogen and oxygen atoms in total. The summed E-state index contributed by atoms with van der Waals surface area (Å²) in [6.07, 6.45) is 2.21. The van der Waals surface area contributed by atoms with E-state index in [-0.39, 0.29) is 6.10 Å². The van der Waals surface area contributed by atoms with Gasteiger partial charge >= 0.3 is 0 Å². The molecule has 3 aromatic rings. The molecule has 0 aliphatic carbocycles. The molecule has 1 unspecified atom stereocenters. The van der Waals surface area contributed by atoms with Gasteiger partial charge in [-0.2, -0.15) is 4.31 Å². The van der Waals surface area contributed by atoms with E-state index in [1.165, 1.54) is 0 Å². The number of hydrogen-bond acceptors (Lipinski definition) is 4. The number of aryl methyl sites for hydroxylation is 3. The van der Waals surface area contributed by atoms with E-state index in [9.17, 15) is 8.42 Å². The van der Waals surface area contributed by atoms with Crippen molar-refractivity contribution in [1.29, 1.82) is 0 Å². The smallest absolute Gasteiger partial charge is 0.243 e. The van der Waals surface area contributed by atoms with Crippen molar-refractivity contribution >= 4 is 20.9 Å². The summed E-state index contributed by atoms with van der Waals surface area (Å²) in [5.41, 5.74) is 3.46. The summed E-state index contributed by atoms with van der Waals surface area (Å²) in [4.78, 5) is 4.83. The predicted molar refractivity (Wildman–Crippen MR) is 110 cm³/mol. The Hall–Kier alpha value is -2.44. The fraction of sp³-hybridized carbons (Fsp3) is 0.318. The lowest BCUT2D eigenvalue weighted by Crippen LogP contribution is -2.32. The number of para-hydroxylation sites is 1. The summed E-state index contributed by atoms with van der Waals surface area (Å²) in [5.74, 6) is 0.699. The van der Waals surface area contributed by atoms with Crippen LogP contribution in [-0.2, 0) is 10.0 Å². The molecule has 1 aromatic heterocycles. The van der Waals surface area contributed by atoms with Crippen LogP contribution in [0.2, 0.25) is 0 Å². The van der Waals surface area contributed by atoms with Crippen LogP contribution in [0, 0.1) is 20.8 Å². The lowest BCUT2D eigenvalue weighted by molar-refractivity contribution is 0.218. The standard InChI is InChI=1S/C22H24N2O3S/c1-15-12-16(2)22(17(3)13-15)28(25,26)24-11-9-19(14-24)27-20-8-4-6-18-7-5-10-23-21(18)20/h4-8,10,12-13,19H,9,11,14H2,1-3H3. The van der Waals surface area contributed by atoms with E-state index in [2.05, 4.69) is 4.98 Å². The van der Waals surface area contributed by atoms with Crippen LogP contribution in [0.5, 0.6) is 5.75 Å². The highest BCUT2D eigenvalue weighted by molar-refractivity contribution is 7.89. The Labute approximate surface area is 166 Å². The van der Waals surface area contributed by atoms with Crippen LogP contribution in [0.15, 0.2) is 53.6 Å². The van der Waals surface area contributed by atoms with Crippen molar-refractivity contribution in [3.8, 4) is 5.75 Å². The Morgan fingerprint density at radius 2 is 1.79 bits per heavy atom. The molecule has 1 saturated heterocycles. The van der Waals surface area contributed by atoms with E-state index in [1.54, 1.807) is 10.5 Å². The van der Waals surface area contributed by atoms with Crippen molar-refractivity contribution < 1.29 is 13.2 Å². The third kappa shape index (κ3) is 3.38. The number of hydrogen-bond donors (Lipinski definition) is 0. The molecular weight excluding hydrogens is 372 g/mol. The average molecular weight is 397 g/mol. The molecule has 0 N–H and O–H groups in total. The van der Waals surface area contributed by atoms with Gasteiger partial charge in [0, 0.05) is 18.1 Å². The maximum absolute atomic E-state index is 13.3. The van der Waals surface area contributed by atoms with Gasteiger partial charge in [0.15, 0.2) is 0 Å². The molecule has 1 atom stereocenters. The first-order chi connectivity index (χ1) is 13.4. The lowest BCUT2D eigenvalue weighted by Gasteiger charge is -2.20. The summed E-state index contributed by atoms with van der Waals surface area (Å²) in [5, 5.41) is 1.01. The molecule has 0 spiro atoms. The maximum Gasteiger partial charge on any atom is 0.243 e. The Kier molecular flexibility index (Phi) is 4.85. The van der Waals surface area contributed by atoms with Crippen molar-refractivity contribution in [2.45, 2.75) is 38.2 Å². The predicted octanol–water partition coefficient (Wildman–Crippen LogP) is 4.00. The Morgan fingerprint density at radius 3 is 2.54 bits per heavy atom. The van der Waals surface area contributed by atoms with Crippen LogP contribution in [0.25, 0.3) is 10.9 Å². The largest absolute Gasteiger partial charge is 0.487 e. The number of fused-ring (bicyclic) bond motifs is 1. The van der Waals surface area contributed by atoms with Gasteiger partial charge in [-0.3, -0.25) is 4.98 Å². The van der Waals surface area contributed by atoms with Crippen molar-refractivity contribution in [3.63, 3.8) is 0 Å². The number of nitrogens with zero attached hydrogens (tertiary/aromatic N) is 2. The van der Waals surface area contributed by atoms with Gasteiger partial charge < -0.3 is 4.74 Å². The molecule has 28 heavy (non-hydrogen) atoms. The van der Waals surface area contributed by atoms with Gasteiger partial charge in [0.1, 0.15) is 17.4 Å². The molecule has 1 aliphatic heterocycles. The first kappa shape index (κ1) is 18.9. The van der Waals surface area contributed by atoms with Crippen LogP contribution in [0.4, 0.5) is 0 Å². The van der Waals surface area contributed by atoms with Gasteiger partial charge in [-0.1, -0.05) is 35.9 Å². The third-order valence-electron chi connectivity index (χ3n) is 5.20. The first-order valence-electron chi connectivity index (χ1n) is 9.44. The van der Waals surface area contributed by atoms with E-state index >= 15 is 0 Å². The van der Waals surface area contributed by atoms with Gasteiger partial charge in [0.2, 0.25) is 10.0 Å². The third-order valence-corrected chi connectivity index (χ3v) is 7.37. The van der Waals surface area contributed by atoms with Gasteiger partial charge in [-0.25, -0.2) is 8.42 Å². The second-order valence-electron chi connectivity index (χ2n) is 7.45. The second-order valence-corrected chi connectivity index (χ2v) is 9.33. The van der Waals surface area contributed by atoms with Gasteiger partial charge in [0.25, 0.3) is 0 Å². The monoisotopic (exact) mass is 396 g/mol. The normalized spacial score (nSPS) is 17.9. The van der Waals surface area contributed by atoms with Crippen molar-refractivity contribution in [3.05, 3.63) is 65.4 Å². The Balaban J connectivity index is 1.57.